The number of hydrogen-bond donors (Lipinski definition) is 0. The summed E-state index contributed by atoms with van der Waals surface area (Å²) in [6.07, 6.45) is -0.220. The summed E-state index contributed by atoms with van der Waals surface area (Å²) < 4.78 is 35.0. The molecular formula is C9H11NaO4S. The van der Waals surface area contributed by atoms with Crippen LogP contribution >= 0.6 is 0 Å². The van der Waals surface area contributed by atoms with E-state index in [1.54, 1.807) is 6.92 Å². The van der Waals surface area contributed by atoms with Crippen LogP contribution in [0, 0.1) is 0 Å². The Labute approximate surface area is 112 Å². The molecule has 0 aromatic heterocycles. The van der Waals surface area contributed by atoms with Gasteiger partial charge in [0.1, 0.15) is 0 Å². The molecule has 0 aliphatic heterocycles. The molecule has 15 heavy (non-hydrogen) atoms. The van der Waals surface area contributed by atoms with Gasteiger partial charge in [0.05, 0.1) is 6.10 Å². The Balaban J connectivity index is 0.00000196. The zero-order valence-corrected chi connectivity index (χ0v) is 11.5. The summed E-state index contributed by atoms with van der Waals surface area (Å²) in [6, 6.07) is 9.23. The Morgan fingerprint density at radius 2 is 1.87 bits per heavy atom. The van der Waals surface area contributed by atoms with E-state index in [1.807, 2.05) is 30.3 Å². The predicted molar refractivity (Wildman–Crippen MR) is 50.4 cm³/mol. The van der Waals surface area contributed by atoms with E-state index in [0.717, 1.165) is 5.56 Å². The third-order valence-electron chi connectivity index (χ3n) is 1.65. The van der Waals surface area contributed by atoms with E-state index in [9.17, 15) is 13.0 Å². The van der Waals surface area contributed by atoms with Crippen molar-refractivity contribution in [2.24, 2.45) is 0 Å². The molecule has 6 heteroatoms. The van der Waals surface area contributed by atoms with Crippen LogP contribution in [0.1, 0.15) is 12.5 Å². The molecule has 0 saturated heterocycles. The van der Waals surface area contributed by atoms with Crippen LogP contribution in [-0.4, -0.2) is 19.1 Å². The minimum atomic E-state index is -4.59. The molecule has 78 valence electrons. The molecule has 1 rings (SSSR count). The Kier molecular flexibility index (Phi) is 6.66. The van der Waals surface area contributed by atoms with Crippen LogP contribution in [0.4, 0.5) is 0 Å². The molecule has 0 radical (unpaired) electrons. The zero-order chi connectivity index (χ0) is 10.6. The Bertz CT molecular complexity index is 376. The van der Waals surface area contributed by atoms with Gasteiger partial charge in [0.15, 0.2) is 0 Å². The molecule has 0 bridgehead atoms. The van der Waals surface area contributed by atoms with E-state index in [4.69, 9.17) is 0 Å². The Hall–Kier alpha value is 0.0900. The van der Waals surface area contributed by atoms with Gasteiger partial charge in [-0.1, -0.05) is 30.3 Å². The summed E-state index contributed by atoms with van der Waals surface area (Å²) >= 11 is 0. The minimum Gasteiger partial charge on any atom is -0.726 e. The molecule has 0 spiro atoms. The van der Waals surface area contributed by atoms with Crippen LogP contribution in [0.5, 0.6) is 0 Å². The van der Waals surface area contributed by atoms with Crippen molar-refractivity contribution in [3.63, 3.8) is 0 Å². The van der Waals surface area contributed by atoms with Crippen molar-refractivity contribution in [2.45, 2.75) is 19.4 Å². The van der Waals surface area contributed by atoms with Crippen molar-refractivity contribution < 1.29 is 46.7 Å². The fraction of sp³-hybridized carbons (Fsp3) is 0.333. The van der Waals surface area contributed by atoms with Crippen molar-refractivity contribution in [2.75, 3.05) is 0 Å². The summed E-state index contributed by atoms with van der Waals surface area (Å²) in [4.78, 5) is 0. The second-order valence-electron chi connectivity index (χ2n) is 3.00. The van der Waals surface area contributed by atoms with Crippen molar-refractivity contribution >= 4 is 10.4 Å². The van der Waals surface area contributed by atoms with E-state index >= 15 is 0 Å². The molecular weight excluding hydrogens is 227 g/mol. The molecule has 1 aromatic carbocycles. The van der Waals surface area contributed by atoms with Crippen LogP contribution < -0.4 is 29.6 Å². The summed E-state index contributed by atoms with van der Waals surface area (Å²) in [6.45, 7) is 1.54. The molecule has 1 aromatic rings. The average Bonchev–Trinajstić information content (AvgIpc) is 2.02. The van der Waals surface area contributed by atoms with Crippen LogP contribution in [0.25, 0.3) is 0 Å². The van der Waals surface area contributed by atoms with E-state index in [-0.39, 0.29) is 29.6 Å². The minimum absolute atomic E-state index is 0. The van der Waals surface area contributed by atoms with Crippen LogP contribution in [0.15, 0.2) is 30.3 Å². The second-order valence-corrected chi connectivity index (χ2v) is 4.01. The molecule has 0 aliphatic rings. The first kappa shape index (κ1) is 15.1. The summed E-state index contributed by atoms with van der Waals surface area (Å²) in [5.41, 5.74) is 0.934. The van der Waals surface area contributed by atoms with Gasteiger partial charge in [0, 0.05) is 0 Å². The predicted octanol–water partition coefficient (Wildman–Crippen LogP) is -1.90. The smallest absolute Gasteiger partial charge is 0.726 e. The summed E-state index contributed by atoms with van der Waals surface area (Å²) in [5.74, 6) is 0. The van der Waals surface area contributed by atoms with Crippen LogP contribution in [0.3, 0.4) is 0 Å². The van der Waals surface area contributed by atoms with Gasteiger partial charge in [-0.25, -0.2) is 8.42 Å². The van der Waals surface area contributed by atoms with E-state index < -0.39 is 16.5 Å². The van der Waals surface area contributed by atoms with Crippen molar-refractivity contribution in [1.82, 2.24) is 0 Å². The van der Waals surface area contributed by atoms with E-state index in [0.29, 0.717) is 6.42 Å². The normalized spacial score (nSPS) is 12.9. The third-order valence-corrected chi connectivity index (χ3v) is 2.21. The van der Waals surface area contributed by atoms with Crippen LogP contribution in [-0.2, 0) is 21.0 Å². The SMILES string of the molecule is C[C@H](Cc1ccccc1)OS(=O)(=O)[O-].[Na+]. The maximum atomic E-state index is 10.3. The molecule has 0 saturated carbocycles. The Morgan fingerprint density at radius 3 is 2.33 bits per heavy atom. The van der Waals surface area contributed by atoms with Gasteiger partial charge < -0.3 is 4.55 Å². The van der Waals surface area contributed by atoms with Crippen molar-refractivity contribution in [3.05, 3.63) is 35.9 Å². The standard InChI is InChI=1S/C9H12O4S.Na/c1-8(13-14(10,11)12)7-9-5-3-2-4-6-9;/h2-6,8H,7H2,1H3,(H,10,11,12);/q;+1/p-1/t8-;/m1./s1. The topological polar surface area (TPSA) is 66.4 Å². The van der Waals surface area contributed by atoms with Gasteiger partial charge in [0.25, 0.3) is 0 Å². The van der Waals surface area contributed by atoms with Gasteiger partial charge >= 0.3 is 29.6 Å². The molecule has 0 heterocycles. The number of benzene rings is 1. The van der Waals surface area contributed by atoms with Crippen molar-refractivity contribution in [1.29, 1.82) is 0 Å². The molecule has 4 nitrogen and oxygen atoms in total. The van der Waals surface area contributed by atoms with Gasteiger partial charge in [-0.3, -0.25) is 4.18 Å². The number of hydrogen-bond acceptors (Lipinski definition) is 4. The first-order chi connectivity index (χ1) is 6.47. The molecule has 0 amide bonds. The largest absolute Gasteiger partial charge is 1.00 e. The third kappa shape index (κ3) is 7.05. The zero-order valence-electron chi connectivity index (χ0n) is 8.71. The molecule has 0 N–H and O–H groups in total. The second kappa shape index (κ2) is 6.62. The first-order valence-electron chi connectivity index (χ1n) is 4.15. The summed E-state index contributed by atoms with van der Waals surface area (Å²) in [7, 11) is -4.59. The van der Waals surface area contributed by atoms with Gasteiger partial charge in [-0.2, -0.15) is 0 Å². The monoisotopic (exact) mass is 238 g/mol. The number of rotatable bonds is 4. The Morgan fingerprint density at radius 1 is 1.33 bits per heavy atom. The first-order valence-corrected chi connectivity index (χ1v) is 5.49. The average molecular weight is 238 g/mol. The van der Waals surface area contributed by atoms with Gasteiger partial charge in [-0.15, -0.1) is 0 Å². The van der Waals surface area contributed by atoms with Crippen molar-refractivity contribution in [3.8, 4) is 0 Å². The fourth-order valence-electron chi connectivity index (χ4n) is 1.18. The maximum Gasteiger partial charge on any atom is 1.00 e. The quantitative estimate of drug-likeness (QED) is 0.349. The molecule has 0 aliphatic carbocycles. The van der Waals surface area contributed by atoms with Gasteiger partial charge in [-0.05, 0) is 18.9 Å². The van der Waals surface area contributed by atoms with E-state index in [1.165, 1.54) is 0 Å². The molecule has 1 atom stereocenters. The fourth-order valence-corrected chi connectivity index (χ4v) is 1.65. The molecule has 0 unspecified atom stereocenters. The molecule has 0 fully saturated rings. The van der Waals surface area contributed by atoms with E-state index in [2.05, 4.69) is 4.18 Å². The maximum absolute atomic E-state index is 10.3. The summed E-state index contributed by atoms with van der Waals surface area (Å²) in [5, 5.41) is 0. The van der Waals surface area contributed by atoms with Crippen LogP contribution in [0.2, 0.25) is 0 Å². The van der Waals surface area contributed by atoms with Gasteiger partial charge in [0.2, 0.25) is 10.4 Å².